The third-order valence-corrected chi connectivity index (χ3v) is 26.5. The largest absolute Gasteiger partial charge is 0.492 e. The third kappa shape index (κ3) is 29.4. The van der Waals surface area contributed by atoms with Crippen LogP contribution >= 0.6 is 75.5 Å². The lowest BCUT2D eigenvalue weighted by Gasteiger charge is -2.27. The molecule has 9 rings (SSSR count). The van der Waals surface area contributed by atoms with Crippen LogP contribution in [0.15, 0.2) is 63.1 Å². The maximum atomic E-state index is 12.4. The van der Waals surface area contributed by atoms with Gasteiger partial charge in [-0.3, -0.25) is 90.2 Å². The van der Waals surface area contributed by atoms with Crippen molar-refractivity contribution in [3.63, 3.8) is 0 Å². The molecule has 4 aromatic rings. The van der Waals surface area contributed by atoms with Crippen molar-refractivity contribution >= 4 is 99.4 Å². The number of esters is 4. The van der Waals surface area contributed by atoms with Crippen LogP contribution in [0, 0.1) is 0 Å². The molecular weight excluding hydrogens is 1850 g/mol. The second-order valence-electron chi connectivity index (χ2n) is 24.0. The topological polar surface area (TPSA) is 814 Å². The van der Waals surface area contributed by atoms with Crippen LogP contribution in [0.3, 0.4) is 0 Å². The van der Waals surface area contributed by atoms with E-state index in [9.17, 15) is 130 Å². The highest BCUT2D eigenvalue weighted by atomic mass is 35.9. The number of phosphoric acid groups is 6. The number of phosphoric ester groups is 1. The van der Waals surface area contributed by atoms with Gasteiger partial charge in [-0.1, -0.05) is 13.8 Å². The number of aliphatic hydroxyl groups excluding tert-OH is 5. The lowest BCUT2D eigenvalue weighted by atomic mass is 10.1. The number of carbonyl (C=O) groups is 4. The second kappa shape index (κ2) is 44.7. The molecule has 686 valence electrons. The minimum atomic E-state index is -5.77. The number of hydrogen-bond acceptors (Lipinski definition) is 44. The fraction of sp³-hybridized carbons (Fsp3) is 0.630. The molecule has 58 nitrogen and oxygen atoms in total. The van der Waals surface area contributed by atoms with Crippen molar-refractivity contribution in [3.05, 3.63) is 130 Å². The number of hydrogen-bond donors (Lipinski definition) is 15. The van der Waals surface area contributed by atoms with Crippen molar-refractivity contribution in [3.8, 4) is 0 Å². The summed E-state index contributed by atoms with van der Waals surface area (Å²) in [4.78, 5) is 205. The van der Waals surface area contributed by atoms with Gasteiger partial charge in [0.25, 0.3) is 22.2 Å². The van der Waals surface area contributed by atoms with E-state index in [1.54, 1.807) is 0 Å². The Hall–Kier alpha value is -6.29. The van der Waals surface area contributed by atoms with Crippen LogP contribution in [0.5, 0.6) is 0 Å². The Morgan fingerprint density at radius 3 is 0.950 bits per heavy atom. The van der Waals surface area contributed by atoms with Gasteiger partial charge in [0.2, 0.25) is 0 Å². The van der Waals surface area contributed by atoms with Gasteiger partial charge in [-0.05, 0) is 22.5 Å². The number of rotatable bonds is 30. The second-order valence-corrected chi connectivity index (χ2v) is 37.7. The molecule has 20 atom stereocenters. The number of aromatic amines is 4. The highest BCUT2D eigenvalue weighted by Gasteiger charge is 2.56. The first-order valence-corrected chi connectivity index (χ1v) is 45.7. The van der Waals surface area contributed by atoms with Crippen molar-refractivity contribution in [2.75, 3.05) is 83.3 Å². The summed E-state index contributed by atoms with van der Waals surface area (Å²) in [5.74, 6) is -2.91. The Labute approximate surface area is 684 Å². The first-order valence-electron chi connectivity index (χ1n) is 33.3. The molecule has 0 radical (unpaired) electrons. The predicted molar refractivity (Wildman–Crippen MR) is 391 cm³/mol. The van der Waals surface area contributed by atoms with E-state index in [2.05, 4.69) is 55.0 Å². The monoisotopic (exact) mass is 1930 g/mol. The lowest BCUT2D eigenvalue weighted by Crippen LogP contribution is -2.40. The lowest BCUT2D eigenvalue weighted by molar-refractivity contribution is -0.140. The quantitative estimate of drug-likeness (QED) is 0.0133. The zero-order chi connectivity index (χ0) is 91.7. The van der Waals surface area contributed by atoms with Crippen molar-refractivity contribution in [1.82, 2.24) is 38.2 Å². The molecule has 0 spiro atoms. The molecule has 8 unspecified atom stereocenters. The summed E-state index contributed by atoms with van der Waals surface area (Å²) in [5.41, 5.74) is -7.36. The van der Waals surface area contributed by atoms with Gasteiger partial charge in [0.15, 0.2) is 24.9 Å². The normalized spacial score (nSPS) is 29.1. The number of carbonyl (C=O) groups excluding carboxylic acids is 4. The number of methoxy groups -OCH3 is 8. The summed E-state index contributed by atoms with van der Waals surface area (Å²) in [5, 5.41) is 50.4. The molecule has 5 saturated heterocycles. The standard InChI is InChI=1S/C13H17Cl2N2O9P.C13H21N2O17P3.C13H19N2O16P3.C13H18N2O8.C2H6/c1-23-8(18)3-6-4-17(13(21)16-11(6)20)12-10(24-2)9(19)7(26-12)5-25-27(14,15)22;1-27-8(16)3-6-4-15(13(19)14-11(6)18)12-10(28-2)9(17)7(30-12)5-29-34(23,24)32-35(25,26)31-33(20,21)22;1-25-8(16)3-6-4-15(13(19)14-11(6)18)12-10(26-2)9(17)7(28-12)5-27-34(24)30-32(20,21)29-33(22,23)31-34;1-21-8(17)3-6-4-15(13(20)14-11(6)19)12-10(22-2)9(18)7(5-16)23-12;1-2/h4,7,9-10,12,19H,3,5H2,1-2H3,(H,16,20,21);4,7,9-10,12,17H,3,5H2,1-2H3,(H,23,24)(H,25,26)(H,14,18,19)(H2,20,21,22);4,7,9-10,12,17H,3,5H2,1-2H3,(H,20,21)(H,22,23)(H,14,18,19);4,7,9-10,12,16,18H,3,5H2,1-2H3,(H,14,19,20);1-2H3/t4*7-,9+,10?,12-;/m1111./s1. The molecule has 121 heavy (non-hydrogen) atoms. The third-order valence-electron chi connectivity index (χ3n) is 16.2. The highest BCUT2D eigenvalue weighted by Crippen LogP contribution is 2.80. The van der Waals surface area contributed by atoms with Crippen LogP contribution in [0.25, 0.3) is 0 Å². The number of ether oxygens (including phenoxy) is 12. The molecule has 5 aliphatic rings. The van der Waals surface area contributed by atoms with Gasteiger partial charge in [0.05, 0.1) is 80.6 Å². The maximum Gasteiger partial charge on any atom is 0.492 e. The molecule has 67 heteroatoms. The average Bonchev–Trinajstić information content (AvgIpc) is 1.65. The maximum absolute atomic E-state index is 12.4. The molecule has 9 heterocycles. The Kier molecular flexibility index (Phi) is 38.9. The van der Waals surface area contributed by atoms with E-state index < -0.39 is 259 Å². The number of halogens is 2. The summed E-state index contributed by atoms with van der Waals surface area (Å²) in [6.45, 7) is 1.15. The molecular formula is C54H81Cl2N8O50P7. The minimum Gasteiger partial charge on any atom is -0.469 e. The zero-order valence-corrected chi connectivity index (χ0v) is 71.5. The first-order chi connectivity index (χ1) is 56.2. The van der Waals surface area contributed by atoms with Crippen LogP contribution in [0.4, 0.5) is 0 Å². The Bertz CT molecular complexity index is 5150. The number of aromatic nitrogens is 8. The van der Waals surface area contributed by atoms with Gasteiger partial charge >= 0.3 is 99.6 Å². The van der Waals surface area contributed by atoms with E-state index in [1.165, 1.54) is 21.3 Å². The van der Waals surface area contributed by atoms with E-state index in [1.807, 2.05) is 23.8 Å². The van der Waals surface area contributed by atoms with E-state index in [0.717, 1.165) is 78.6 Å². The number of nitrogens with one attached hydrogen (secondary N) is 4. The minimum absolute atomic E-state index is 0.00292. The van der Waals surface area contributed by atoms with E-state index >= 15 is 0 Å². The van der Waals surface area contributed by atoms with Gasteiger partial charge in [-0.15, -0.1) is 0 Å². The molecule has 0 saturated carbocycles. The molecule has 0 bridgehead atoms. The van der Waals surface area contributed by atoms with Crippen LogP contribution in [-0.4, -0.2) is 274 Å². The van der Waals surface area contributed by atoms with Crippen LogP contribution in [0.1, 0.15) is 61.0 Å². The van der Waals surface area contributed by atoms with E-state index in [-0.39, 0.29) is 35.1 Å². The summed E-state index contributed by atoms with van der Waals surface area (Å²) in [7, 11) is -23.3. The van der Waals surface area contributed by atoms with Crippen LogP contribution < -0.4 is 45.0 Å². The molecule has 0 aliphatic carbocycles. The highest BCUT2D eigenvalue weighted by molar-refractivity contribution is 8.05. The molecule has 4 aromatic heterocycles. The average molecular weight is 1930 g/mol. The Morgan fingerprint density at radius 2 is 0.694 bits per heavy atom. The SMILES string of the molecule is CC.COC(=O)Cc1cn([C@@H]2O[C@H](CO)[C@H](O)C2OC)c(=O)[nH]c1=O.COC(=O)Cc1cn([C@@H]2O[C@H](COP(=O)(Cl)Cl)[C@H](O)C2OC)c(=O)[nH]c1=O.COC(=O)Cc1cn([C@@H]2O[C@H](COP(=O)(O)OP(=O)(O)OP(=O)(O)O)[C@H](O)C2OC)c(=O)[nH]c1=O.COC(=O)Cc1cn([C@@H]2O[C@H](COP3(=O)OP(=O)(O)OP(=O)(O)O3)[C@H](O)C2OC)c(=O)[nH]c1=O. The van der Waals surface area contributed by atoms with Crippen molar-refractivity contribution in [2.45, 2.75) is 138 Å². The van der Waals surface area contributed by atoms with Crippen molar-refractivity contribution in [1.29, 1.82) is 0 Å². The fourth-order valence-electron chi connectivity index (χ4n) is 10.9. The number of H-pyrrole nitrogens is 4. The summed E-state index contributed by atoms with van der Waals surface area (Å²) in [6.07, 6.45) is -21.8. The van der Waals surface area contributed by atoms with E-state index in [4.69, 9.17) is 84.1 Å². The molecule has 5 fully saturated rings. The first kappa shape index (κ1) is 105. The Morgan fingerprint density at radius 1 is 0.430 bits per heavy atom. The number of aliphatic hydroxyl groups is 5. The summed E-state index contributed by atoms with van der Waals surface area (Å²) < 4.78 is 177. The zero-order valence-electron chi connectivity index (χ0n) is 63.7. The van der Waals surface area contributed by atoms with E-state index in [0.29, 0.717) is 0 Å². The van der Waals surface area contributed by atoms with Crippen LogP contribution in [-0.2, 0) is 169 Å². The van der Waals surface area contributed by atoms with Gasteiger partial charge in [-0.25, -0.2) is 46.6 Å². The van der Waals surface area contributed by atoms with Gasteiger partial charge in [0.1, 0.15) is 73.2 Å². The predicted octanol–water partition coefficient (Wildman–Crippen LogP) is -4.55. The molecule has 0 amide bonds. The Balaban J connectivity index is 0.000000288. The van der Waals surface area contributed by atoms with Crippen LogP contribution in [0.2, 0.25) is 0 Å². The fourth-order valence-corrected chi connectivity index (χ4v) is 19.5. The molecule has 5 aliphatic heterocycles. The summed E-state index contributed by atoms with van der Waals surface area (Å²) in [6, 6.07) is 0. The van der Waals surface area contributed by atoms with Gasteiger partial charge < -0.3 is 116 Å². The molecule has 0 aromatic carbocycles. The van der Waals surface area contributed by atoms with Gasteiger partial charge in [0, 0.05) is 75.5 Å². The molecule has 15 N–H and O–H groups in total. The van der Waals surface area contributed by atoms with Gasteiger partial charge in [-0.2, -0.15) is 21.6 Å². The smallest absolute Gasteiger partial charge is 0.469 e. The van der Waals surface area contributed by atoms with Crippen molar-refractivity contribution in [2.24, 2.45) is 0 Å². The van der Waals surface area contributed by atoms with Crippen molar-refractivity contribution < 1.29 is 198 Å². The summed E-state index contributed by atoms with van der Waals surface area (Å²) >= 11 is 10.6. The number of nitrogens with zero attached hydrogens (tertiary/aromatic N) is 4.